The minimum absolute atomic E-state index is 0.184. The number of pyridine rings is 1. The molecule has 0 atom stereocenters. The Hall–Kier alpha value is -3.16. The van der Waals surface area contributed by atoms with E-state index in [0.717, 1.165) is 50.2 Å². The molecule has 1 N–H and O–H groups in total. The van der Waals surface area contributed by atoms with E-state index in [4.69, 9.17) is 14.1 Å². The number of nitriles is 1. The Balaban J connectivity index is 1.39. The number of fused-ring (bicyclic) bond motifs is 1. The van der Waals surface area contributed by atoms with Gasteiger partial charge in [0.25, 0.3) is 0 Å². The fourth-order valence-electron chi connectivity index (χ4n) is 4.16. The molecular formula is C24H29N7O2S. The van der Waals surface area contributed by atoms with Crippen molar-refractivity contribution >= 4 is 26.6 Å². The van der Waals surface area contributed by atoms with Crippen molar-refractivity contribution in [3.05, 3.63) is 36.3 Å². The van der Waals surface area contributed by atoms with E-state index in [1.54, 1.807) is 16.9 Å². The van der Waals surface area contributed by atoms with E-state index in [-0.39, 0.29) is 6.61 Å². The summed E-state index contributed by atoms with van der Waals surface area (Å²) in [7, 11) is -1.09. The second kappa shape index (κ2) is 8.56. The largest absolute Gasteiger partial charge is 0.473 e. The zero-order valence-corrected chi connectivity index (χ0v) is 20.3. The molecule has 4 heterocycles. The maximum absolute atomic E-state index is 10.1. The second-order valence-electron chi connectivity index (χ2n) is 9.61. The normalized spacial score (nSPS) is 18.0. The number of anilines is 1. The summed E-state index contributed by atoms with van der Waals surface area (Å²) in [6.45, 7) is 2.00. The number of ether oxygens (including phenoxy) is 1. The number of aliphatic hydroxyl groups is 1. The minimum Gasteiger partial charge on any atom is -0.473 e. The highest BCUT2D eigenvalue weighted by Gasteiger charge is 2.41. The molecule has 34 heavy (non-hydrogen) atoms. The van der Waals surface area contributed by atoms with Gasteiger partial charge in [-0.3, -0.25) is 4.36 Å². The van der Waals surface area contributed by atoms with Crippen LogP contribution in [0.15, 0.2) is 35.1 Å². The predicted octanol–water partition coefficient (Wildman–Crippen LogP) is 2.56. The third-order valence-electron chi connectivity index (χ3n) is 6.16. The van der Waals surface area contributed by atoms with Crippen LogP contribution in [0.5, 0.6) is 5.88 Å². The molecule has 0 bridgehead atoms. The Bertz CT molecular complexity index is 1360. The summed E-state index contributed by atoms with van der Waals surface area (Å²) in [6, 6.07) is 6.52. The topological polar surface area (TPSA) is 112 Å². The van der Waals surface area contributed by atoms with E-state index in [9.17, 15) is 10.4 Å². The van der Waals surface area contributed by atoms with Gasteiger partial charge in [-0.15, -0.1) is 9.41 Å². The van der Waals surface area contributed by atoms with Crippen LogP contribution >= 0.6 is 0 Å². The minimum atomic E-state index is -1.09. The summed E-state index contributed by atoms with van der Waals surface area (Å²) in [5.74, 6) is 5.44. The van der Waals surface area contributed by atoms with Gasteiger partial charge >= 0.3 is 0 Å². The Morgan fingerprint density at radius 2 is 2.06 bits per heavy atom. The summed E-state index contributed by atoms with van der Waals surface area (Å²) in [4.78, 5) is 11.6. The molecule has 3 aromatic heterocycles. The molecule has 3 aromatic rings. The van der Waals surface area contributed by atoms with Crippen molar-refractivity contribution in [3.63, 3.8) is 0 Å². The molecule has 0 amide bonds. The van der Waals surface area contributed by atoms with Gasteiger partial charge in [0.05, 0.1) is 24.0 Å². The molecule has 0 aromatic carbocycles. The van der Waals surface area contributed by atoms with Crippen LogP contribution < -0.4 is 9.64 Å². The van der Waals surface area contributed by atoms with Gasteiger partial charge in [0.15, 0.2) is 0 Å². The van der Waals surface area contributed by atoms with Gasteiger partial charge < -0.3 is 14.7 Å². The van der Waals surface area contributed by atoms with Crippen molar-refractivity contribution in [2.45, 2.75) is 37.3 Å². The van der Waals surface area contributed by atoms with Crippen LogP contribution in [0.1, 0.15) is 31.2 Å². The third-order valence-corrected chi connectivity index (χ3v) is 7.02. The van der Waals surface area contributed by atoms with E-state index in [1.807, 2.05) is 12.1 Å². The van der Waals surface area contributed by atoms with Crippen LogP contribution in [0.2, 0.25) is 0 Å². The Morgan fingerprint density at radius 3 is 2.68 bits per heavy atom. The van der Waals surface area contributed by atoms with Crippen molar-refractivity contribution in [2.24, 2.45) is 4.36 Å². The van der Waals surface area contributed by atoms with E-state index >= 15 is 0 Å². The van der Waals surface area contributed by atoms with Crippen LogP contribution in [-0.2, 0) is 9.41 Å². The highest BCUT2D eigenvalue weighted by molar-refractivity contribution is 8.01. The molecular weight excluding hydrogens is 450 g/mol. The first-order chi connectivity index (χ1) is 16.2. The number of rotatable bonds is 6. The van der Waals surface area contributed by atoms with Crippen LogP contribution in [0, 0.1) is 11.3 Å². The van der Waals surface area contributed by atoms with Crippen molar-refractivity contribution in [2.75, 3.05) is 37.1 Å². The smallest absolute Gasteiger partial charge is 0.233 e. The highest BCUT2D eigenvalue weighted by Crippen LogP contribution is 2.36. The third kappa shape index (κ3) is 4.86. The Kier molecular flexibility index (Phi) is 5.70. The first-order valence-electron chi connectivity index (χ1n) is 11.4. The molecule has 1 saturated carbocycles. The molecule has 178 valence electrons. The number of hydrogen-bond donors (Lipinski definition) is 1. The molecule has 1 aliphatic carbocycles. The maximum Gasteiger partial charge on any atom is 0.233 e. The molecule has 9 nitrogen and oxygen atoms in total. The average molecular weight is 480 g/mol. The zero-order chi connectivity index (χ0) is 23.9. The van der Waals surface area contributed by atoms with Crippen molar-refractivity contribution in [1.29, 1.82) is 5.26 Å². The standard InChI is InChI=1S/C24H29N7O2S/c1-34(2,3)29-19-6-10-30(11-7-19)20-5-4-17(13-26-20)22-23-18(12-25)14-27-31(23)15-21(28-22)33-16-24(32)8-9-24/h4-5,13-15,19,32H,1,6-11,16H2,2-3H3. The van der Waals surface area contributed by atoms with Gasteiger partial charge in [0.1, 0.15) is 35.3 Å². The summed E-state index contributed by atoms with van der Waals surface area (Å²) in [5, 5.41) is 24.0. The number of nitrogens with zero attached hydrogens (tertiary/aromatic N) is 7. The zero-order valence-electron chi connectivity index (χ0n) is 19.5. The summed E-state index contributed by atoms with van der Waals surface area (Å²) >= 11 is 0. The van der Waals surface area contributed by atoms with Gasteiger partial charge in [0, 0.05) is 24.8 Å². The molecule has 10 heteroatoms. The van der Waals surface area contributed by atoms with Crippen LogP contribution in [0.4, 0.5) is 5.82 Å². The van der Waals surface area contributed by atoms with E-state index in [2.05, 4.69) is 39.4 Å². The molecule has 0 radical (unpaired) electrons. The monoisotopic (exact) mass is 479 g/mol. The fourth-order valence-corrected chi connectivity index (χ4v) is 5.18. The lowest BCUT2D eigenvalue weighted by molar-refractivity contribution is 0.0831. The lowest BCUT2D eigenvalue weighted by Crippen LogP contribution is -2.36. The highest BCUT2D eigenvalue weighted by atomic mass is 32.2. The van der Waals surface area contributed by atoms with Crippen molar-refractivity contribution < 1.29 is 9.84 Å². The van der Waals surface area contributed by atoms with Gasteiger partial charge in [-0.1, -0.05) is 5.87 Å². The summed E-state index contributed by atoms with van der Waals surface area (Å²) in [5.41, 5.74) is 1.63. The number of hydrogen-bond acceptors (Lipinski definition) is 8. The predicted molar refractivity (Wildman–Crippen MR) is 135 cm³/mol. The molecule has 5 rings (SSSR count). The summed E-state index contributed by atoms with van der Waals surface area (Å²) in [6.07, 6.45) is 12.6. The van der Waals surface area contributed by atoms with Crippen molar-refractivity contribution in [3.8, 4) is 23.2 Å². The van der Waals surface area contributed by atoms with Gasteiger partial charge in [0.2, 0.25) is 5.88 Å². The molecule has 1 aliphatic heterocycles. The van der Waals surface area contributed by atoms with Crippen LogP contribution in [-0.4, -0.2) is 74.4 Å². The first kappa shape index (κ1) is 22.6. The first-order valence-corrected chi connectivity index (χ1v) is 13.9. The second-order valence-corrected chi connectivity index (χ2v) is 12.8. The maximum atomic E-state index is 10.1. The van der Waals surface area contributed by atoms with Crippen LogP contribution in [0.25, 0.3) is 16.8 Å². The fraction of sp³-hybridized carbons (Fsp3) is 0.458. The average Bonchev–Trinajstić information content (AvgIpc) is 3.41. The molecule has 0 spiro atoms. The Morgan fingerprint density at radius 1 is 1.29 bits per heavy atom. The summed E-state index contributed by atoms with van der Waals surface area (Å²) < 4.78 is 12.3. The van der Waals surface area contributed by atoms with Crippen molar-refractivity contribution in [1.82, 2.24) is 19.6 Å². The molecule has 2 aliphatic rings. The van der Waals surface area contributed by atoms with Gasteiger partial charge in [-0.05, 0) is 50.3 Å². The van der Waals surface area contributed by atoms with E-state index in [1.165, 1.54) is 6.20 Å². The Labute approximate surface area is 199 Å². The van der Waals surface area contributed by atoms with Crippen LogP contribution in [0.3, 0.4) is 0 Å². The number of aromatic nitrogens is 4. The van der Waals surface area contributed by atoms with E-state index < -0.39 is 15.0 Å². The van der Waals surface area contributed by atoms with Gasteiger partial charge in [-0.25, -0.2) is 14.5 Å². The molecule has 2 fully saturated rings. The SMILES string of the molecule is C=S(C)(C)=NC1CCN(c2ccc(-c3nc(OCC4(O)CC4)cn4ncc(C#N)c34)cn2)CC1. The van der Waals surface area contributed by atoms with E-state index in [0.29, 0.717) is 28.7 Å². The lowest BCUT2D eigenvalue weighted by Gasteiger charge is -2.31. The number of piperidine rings is 1. The lowest BCUT2D eigenvalue weighted by atomic mass is 10.1. The van der Waals surface area contributed by atoms with Gasteiger partial charge in [-0.2, -0.15) is 10.4 Å². The molecule has 0 unspecified atom stereocenters. The molecule has 1 saturated heterocycles. The quantitative estimate of drug-likeness (QED) is 0.541.